The van der Waals surface area contributed by atoms with E-state index in [0.29, 0.717) is 0 Å². The van der Waals surface area contributed by atoms with Gasteiger partial charge < -0.3 is 16.4 Å². The van der Waals surface area contributed by atoms with E-state index in [-0.39, 0.29) is 0 Å². The summed E-state index contributed by atoms with van der Waals surface area (Å²) in [5.41, 5.74) is 11.1. The summed E-state index contributed by atoms with van der Waals surface area (Å²) in [6, 6.07) is 0. The molecule has 0 atom stereocenters. The van der Waals surface area contributed by atoms with Gasteiger partial charge in [-0.1, -0.05) is 13.8 Å². The number of hydrogen-bond acceptors (Lipinski definition) is 3. The summed E-state index contributed by atoms with van der Waals surface area (Å²) in [6.07, 6.45) is 4.81. The van der Waals surface area contributed by atoms with Gasteiger partial charge in [-0.05, 0) is 57.8 Å². The summed E-state index contributed by atoms with van der Waals surface area (Å²) in [7, 11) is 0. The van der Waals surface area contributed by atoms with Gasteiger partial charge in [0.15, 0.2) is 0 Å². The Morgan fingerprint density at radius 3 is 1.73 bits per heavy atom. The van der Waals surface area contributed by atoms with E-state index in [0.717, 1.165) is 44.9 Å². The third kappa shape index (κ3) is 7.77. The first-order chi connectivity index (χ1) is 7.28. The highest BCUT2D eigenvalue weighted by Gasteiger charge is 2.11. The molecule has 15 heavy (non-hydrogen) atoms. The average molecular weight is 215 g/mol. The van der Waals surface area contributed by atoms with Crippen LogP contribution in [0.1, 0.15) is 39.5 Å². The Hall–Kier alpha value is -0.120. The number of nitrogens with zero attached hydrogens (tertiary/aromatic N) is 1. The van der Waals surface area contributed by atoms with Crippen molar-refractivity contribution in [3.8, 4) is 0 Å². The van der Waals surface area contributed by atoms with Crippen LogP contribution in [-0.4, -0.2) is 37.6 Å². The van der Waals surface area contributed by atoms with Crippen molar-refractivity contribution >= 4 is 0 Å². The first kappa shape index (κ1) is 14.9. The van der Waals surface area contributed by atoms with E-state index in [9.17, 15) is 0 Å². The predicted octanol–water partition coefficient (Wildman–Crippen LogP) is 1.42. The van der Waals surface area contributed by atoms with Crippen molar-refractivity contribution in [2.24, 2.45) is 17.4 Å². The Balaban J connectivity index is 3.86. The second-order valence-corrected chi connectivity index (χ2v) is 4.21. The molecule has 0 bridgehead atoms. The summed E-state index contributed by atoms with van der Waals surface area (Å²) >= 11 is 0. The van der Waals surface area contributed by atoms with Gasteiger partial charge in [0, 0.05) is 6.54 Å². The molecule has 0 aromatic heterocycles. The first-order valence-electron chi connectivity index (χ1n) is 6.40. The molecule has 0 aliphatic heterocycles. The van der Waals surface area contributed by atoms with E-state index in [1.54, 1.807) is 0 Å². The van der Waals surface area contributed by atoms with Gasteiger partial charge in [0.25, 0.3) is 0 Å². The van der Waals surface area contributed by atoms with Crippen LogP contribution >= 0.6 is 0 Å². The summed E-state index contributed by atoms with van der Waals surface area (Å²) in [5, 5.41) is 0. The quantitative estimate of drug-likeness (QED) is 0.579. The lowest BCUT2D eigenvalue weighted by Crippen LogP contribution is -2.30. The van der Waals surface area contributed by atoms with Crippen molar-refractivity contribution in [2.75, 3.05) is 32.7 Å². The first-order valence-corrected chi connectivity index (χ1v) is 6.40. The van der Waals surface area contributed by atoms with Crippen LogP contribution in [0.4, 0.5) is 0 Å². The van der Waals surface area contributed by atoms with E-state index in [1.807, 2.05) is 0 Å². The molecule has 0 saturated carbocycles. The predicted molar refractivity (Wildman–Crippen MR) is 67.9 cm³/mol. The molecular weight excluding hydrogens is 186 g/mol. The minimum atomic E-state index is 0.789. The highest BCUT2D eigenvalue weighted by Crippen LogP contribution is 2.14. The third-order valence-corrected chi connectivity index (χ3v) is 3.04. The van der Waals surface area contributed by atoms with Crippen LogP contribution in [-0.2, 0) is 0 Å². The molecule has 0 spiro atoms. The van der Waals surface area contributed by atoms with E-state index in [2.05, 4.69) is 18.7 Å². The van der Waals surface area contributed by atoms with Gasteiger partial charge in [-0.2, -0.15) is 0 Å². The Morgan fingerprint density at radius 2 is 1.40 bits per heavy atom. The van der Waals surface area contributed by atoms with Crippen LogP contribution in [0.15, 0.2) is 0 Å². The van der Waals surface area contributed by atoms with Gasteiger partial charge in [0.2, 0.25) is 0 Å². The van der Waals surface area contributed by atoms with Crippen molar-refractivity contribution in [1.29, 1.82) is 0 Å². The van der Waals surface area contributed by atoms with Gasteiger partial charge in [0.05, 0.1) is 0 Å². The van der Waals surface area contributed by atoms with Crippen molar-refractivity contribution in [3.05, 3.63) is 0 Å². The van der Waals surface area contributed by atoms with Gasteiger partial charge >= 0.3 is 0 Å². The molecule has 0 aromatic rings. The highest BCUT2D eigenvalue weighted by atomic mass is 15.1. The number of hydrogen-bond donors (Lipinski definition) is 2. The summed E-state index contributed by atoms with van der Waals surface area (Å²) < 4.78 is 0. The average Bonchev–Trinajstić information content (AvgIpc) is 2.28. The van der Waals surface area contributed by atoms with Gasteiger partial charge in [-0.15, -0.1) is 0 Å². The summed E-state index contributed by atoms with van der Waals surface area (Å²) in [5.74, 6) is 0.789. The molecule has 0 saturated heterocycles. The highest BCUT2D eigenvalue weighted by molar-refractivity contribution is 4.66. The van der Waals surface area contributed by atoms with E-state index in [4.69, 9.17) is 11.5 Å². The topological polar surface area (TPSA) is 55.3 Å². The van der Waals surface area contributed by atoms with E-state index < -0.39 is 0 Å². The smallest absolute Gasteiger partial charge is 0.000944 e. The largest absolute Gasteiger partial charge is 0.330 e. The van der Waals surface area contributed by atoms with Crippen LogP contribution in [0.3, 0.4) is 0 Å². The molecule has 4 N–H and O–H groups in total. The fraction of sp³-hybridized carbons (Fsp3) is 1.00. The van der Waals surface area contributed by atoms with Crippen molar-refractivity contribution in [1.82, 2.24) is 4.90 Å². The molecule has 0 radical (unpaired) electrons. The Bertz CT molecular complexity index is 116. The standard InChI is InChI=1S/C12H29N3/c1-3-15(4-2)11-12(7-5-9-13)8-6-10-14/h12H,3-11,13-14H2,1-2H3. The molecule has 3 nitrogen and oxygen atoms in total. The second-order valence-electron chi connectivity index (χ2n) is 4.21. The zero-order valence-electron chi connectivity index (χ0n) is 10.5. The molecule has 0 aliphatic carbocycles. The number of nitrogens with two attached hydrogens (primary N) is 2. The van der Waals surface area contributed by atoms with E-state index in [1.165, 1.54) is 19.4 Å². The molecular formula is C12H29N3. The Morgan fingerprint density at radius 1 is 0.933 bits per heavy atom. The fourth-order valence-corrected chi connectivity index (χ4v) is 1.99. The SMILES string of the molecule is CCN(CC)CC(CCCN)CCCN. The maximum absolute atomic E-state index is 5.56. The molecule has 0 heterocycles. The fourth-order valence-electron chi connectivity index (χ4n) is 1.99. The molecule has 0 unspecified atom stereocenters. The third-order valence-electron chi connectivity index (χ3n) is 3.04. The van der Waals surface area contributed by atoms with Crippen molar-refractivity contribution in [2.45, 2.75) is 39.5 Å². The second kappa shape index (κ2) is 10.4. The lowest BCUT2D eigenvalue weighted by molar-refractivity contribution is 0.233. The lowest BCUT2D eigenvalue weighted by atomic mass is 9.97. The van der Waals surface area contributed by atoms with Crippen LogP contribution in [0.2, 0.25) is 0 Å². The van der Waals surface area contributed by atoms with Crippen LogP contribution < -0.4 is 11.5 Å². The normalized spacial score (nSPS) is 11.6. The maximum Gasteiger partial charge on any atom is 0.000944 e. The molecule has 92 valence electrons. The van der Waals surface area contributed by atoms with Crippen LogP contribution in [0, 0.1) is 5.92 Å². The van der Waals surface area contributed by atoms with Gasteiger partial charge in [0.1, 0.15) is 0 Å². The van der Waals surface area contributed by atoms with Crippen LogP contribution in [0.5, 0.6) is 0 Å². The molecule has 3 heteroatoms. The van der Waals surface area contributed by atoms with Crippen molar-refractivity contribution < 1.29 is 0 Å². The van der Waals surface area contributed by atoms with Gasteiger partial charge in [-0.25, -0.2) is 0 Å². The minimum absolute atomic E-state index is 0.789. The van der Waals surface area contributed by atoms with Gasteiger partial charge in [-0.3, -0.25) is 0 Å². The molecule has 0 aromatic carbocycles. The van der Waals surface area contributed by atoms with E-state index >= 15 is 0 Å². The molecule has 0 amide bonds. The Kier molecular flexibility index (Phi) is 10.3. The van der Waals surface area contributed by atoms with Crippen molar-refractivity contribution in [3.63, 3.8) is 0 Å². The molecule has 0 aliphatic rings. The minimum Gasteiger partial charge on any atom is -0.330 e. The number of rotatable bonds is 10. The Labute approximate surface area is 95.2 Å². The molecule has 0 rings (SSSR count). The lowest BCUT2D eigenvalue weighted by Gasteiger charge is -2.25. The molecule has 0 fully saturated rings. The zero-order valence-corrected chi connectivity index (χ0v) is 10.5. The summed E-state index contributed by atoms with van der Waals surface area (Å²) in [6.45, 7) is 9.61. The zero-order chi connectivity index (χ0) is 11.5. The maximum atomic E-state index is 5.56. The summed E-state index contributed by atoms with van der Waals surface area (Å²) in [4.78, 5) is 2.50. The monoisotopic (exact) mass is 215 g/mol. The van der Waals surface area contributed by atoms with Crippen LogP contribution in [0.25, 0.3) is 0 Å².